The molecular weight excluding hydrogens is 550 g/mol. The van der Waals surface area contributed by atoms with E-state index in [1.807, 2.05) is 0 Å². The molecule has 4 rings (SSSR count). The summed E-state index contributed by atoms with van der Waals surface area (Å²) in [4.78, 5) is 35.3. The molecule has 0 spiro atoms. The number of carbonyl (C=O) groups is 2. The van der Waals surface area contributed by atoms with E-state index >= 15 is 0 Å². The first-order chi connectivity index (χ1) is 20.2. The Morgan fingerprint density at radius 2 is 2.00 bits per heavy atom. The summed E-state index contributed by atoms with van der Waals surface area (Å²) >= 11 is 0. The minimum atomic E-state index is -1.22. The van der Waals surface area contributed by atoms with Crippen LogP contribution in [0.15, 0.2) is 75.4 Å². The molecule has 14 heteroatoms. The van der Waals surface area contributed by atoms with E-state index < -0.39 is 29.2 Å². The molecule has 1 aliphatic heterocycles. The van der Waals surface area contributed by atoms with Gasteiger partial charge in [-0.2, -0.15) is 5.10 Å². The minimum Gasteiger partial charge on any atom is -0.490 e. The highest BCUT2D eigenvalue weighted by atomic mass is 16.6. The predicted octanol–water partition coefficient (Wildman–Crippen LogP) is 3.38. The molecule has 220 valence electrons. The van der Waals surface area contributed by atoms with E-state index in [1.54, 1.807) is 62.4 Å². The van der Waals surface area contributed by atoms with Crippen LogP contribution in [0.5, 0.6) is 11.5 Å². The molecule has 2 heterocycles. The number of amides is 2. The number of urea groups is 1. The molecule has 3 aromatic rings. The molecule has 2 amide bonds. The highest BCUT2D eigenvalue weighted by Gasteiger charge is 2.32. The van der Waals surface area contributed by atoms with E-state index in [0.29, 0.717) is 46.5 Å². The van der Waals surface area contributed by atoms with Gasteiger partial charge in [0.05, 0.1) is 42.0 Å². The maximum absolute atomic E-state index is 12.4. The van der Waals surface area contributed by atoms with Crippen molar-refractivity contribution in [3.05, 3.63) is 87.3 Å². The van der Waals surface area contributed by atoms with Crippen LogP contribution in [0.4, 0.5) is 10.5 Å². The second-order valence-electron chi connectivity index (χ2n) is 8.89. The number of hydrogen-bond donors (Lipinski definition) is 4. The summed E-state index contributed by atoms with van der Waals surface area (Å²) in [5.41, 5.74) is 3.93. The van der Waals surface area contributed by atoms with Gasteiger partial charge in [0.25, 0.3) is 5.69 Å². The average molecular weight is 580 g/mol. The monoisotopic (exact) mass is 579 g/mol. The number of carbonyl (C=O) groups excluding carboxylic acids is 2. The Kier molecular flexibility index (Phi) is 9.39. The summed E-state index contributed by atoms with van der Waals surface area (Å²) in [5.74, 6) is 0.654. The second kappa shape index (κ2) is 13.3. The standard InChI is InChI=1S/C28H29N5O9/c1-4-40-23-13-17(26-25(27(35)39-3)16(2)30-28(36)31-26)9-11-22(23)41-15-24(34)32-29-14-18-10-12-21(42-18)19-7-5-6-8-20(19)33(37)38/h5-14,24,26,32,34H,4,15H2,1-3H3,(H2,30,31,36)/b29-14+/t24-,26-/m1/s1. The smallest absolute Gasteiger partial charge is 0.337 e. The Hall–Kier alpha value is -5.37. The third-order valence-corrected chi connectivity index (χ3v) is 6.08. The number of nitrogens with one attached hydrogen (secondary N) is 3. The number of allylic oxidation sites excluding steroid dienone is 1. The predicted molar refractivity (Wildman–Crippen MR) is 150 cm³/mol. The molecule has 0 saturated carbocycles. The molecule has 0 saturated heterocycles. The maximum atomic E-state index is 12.4. The van der Waals surface area contributed by atoms with Gasteiger partial charge in [-0.15, -0.1) is 0 Å². The number of nitro groups is 1. The fraction of sp³-hybridized carbons (Fsp3) is 0.250. The van der Waals surface area contributed by atoms with E-state index in [-0.39, 0.29) is 17.9 Å². The second-order valence-corrected chi connectivity index (χ2v) is 8.89. The molecule has 2 aromatic carbocycles. The van der Waals surface area contributed by atoms with Gasteiger partial charge in [-0.25, -0.2) is 9.59 Å². The number of esters is 1. The van der Waals surface area contributed by atoms with Gasteiger partial charge in [0.2, 0.25) is 0 Å². The normalized spacial score (nSPS) is 15.5. The van der Waals surface area contributed by atoms with Crippen LogP contribution in [0.3, 0.4) is 0 Å². The molecule has 2 atom stereocenters. The number of furan rings is 1. The summed E-state index contributed by atoms with van der Waals surface area (Å²) < 4.78 is 22.0. The van der Waals surface area contributed by atoms with Gasteiger partial charge < -0.3 is 34.4 Å². The van der Waals surface area contributed by atoms with Gasteiger partial charge in [-0.3, -0.25) is 15.5 Å². The van der Waals surface area contributed by atoms with Crippen LogP contribution in [0.1, 0.15) is 31.2 Å². The third kappa shape index (κ3) is 6.85. The molecular formula is C28H29N5O9. The molecule has 0 aliphatic carbocycles. The van der Waals surface area contributed by atoms with Gasteiger partial charge in [0.15, 0.2) is 17.7 Å². The van der Waals surface area contributed by atoms with Crippen LogP contribution < -0.4 is 25.5 Å². The van der Waals surface area contributed by atoms with Crippen LogP contribution in [-0.2, 0) is 9.53 Å². The van der Waals surface area contributed by atoms with Crippen molar-refractivity contribution in [2.75, 3.05) is 20.3 Å². The van der Waals surface area contributed by atoms with Crippen LogP contribution in [0.25, 0.3) is 11.3 Å². The molecule has 0 radical (unpaired) electrons. The lowest BCUT2D eigenvalue weighted by atomic mass is 9.95. The number of para-hydroxylation sites is 1. The third-order valence-electron chi connectivity index (χ3n) is 6.08. The lowest BCUT2D eigenvalue weighted by Crippen LogP contribution is -2.45. The van der Waals surface area contributed by atoms with E-state index in [2.05, 4.69) is 21.2 Å². The van der Waals surface area contributed by atoms with Gasteiger partial charge >= 0.3 is 12.0 Å². The highest BCUT2D eigenvalue weighted by Crippen LogP contribution is 2.35. The summed E-state index contributed by atoms with van der Waals surface area (Å²) in [5, 5.41) is 30.8. The van der Waals surface area contributed by atoms with Crippen molar-refractivity contribution in [3.8, 4) is 22.8 Å². The Balaban J connectivity index is 1.40. The Morgan fingerprint density at radius 1 is 1.21 bits per heavy atom. The first-order valence-corrected chi connectivity index (χ1v) is 12.8. The highest BCUT2D eigenvalue weighted by molar-refractivity contribution is 5.95. The lowest BCUT2D eigenvalue weighted by molar-refractivity contribution is -0.384. The summed E-state index contributed by atoms with van der Waals surface area (Å²) in [7, 11) is 1.26. The maximum Gasteiger partial charge on any atom is 0.337 e. The molecule has 0 fully saturated rings. The quantitative estimate of drug-likeness (QED) is 0.0814. The number of ether oxygens (including phenoxy) is 3. The van der Waals surface area contributed by atoms with Crippen LogP contribution in [0, 0.1) is 10.1 Å². The molecule has 1 aromatic heterocycles. The van der Waals surface area contributed by atoms with Gasteiger partial charge in [-0.1, -0.05) is 18.2 Å². The van der Waals surface area contributed by atoms with Crippen LogP contribution in [-0.4, -0.2) is 54.8 Å². The van der Waals surface area contributed by atoms with Crippen molar-refractivity contribution in [1.82, 2.24) is 16.1 Å². The van der Waals surface area contributed by atoms with Gasteiger partial charge in [0, 0.05) is 11.8 Å². The number of rotatable bonds is 12. The average Bonchev–Trinajstić information content (AvgIpc) is 3.44. The lowest BCUT2D eigenvalue weighted by Gasteiger charge is -2.28. The summed E-state index contributed by atoms with van der Waals surface area (Å²) in [6, 6.07) is 13.0. The Morgan fingerprint density at radius 3 is 2.74 bits per heavy atom. The molecule has 42 heavy (non-hydrogen) atoms. The number of nitro benzene ring substituents is 1. The first-order valence-electron chi connectivity index (χ1n) is 12.8. The summed E-state index contributed by atoms with van der Waals surface area (Å²) in [6.45, 7) is 3.48. The Bertz CT molecular complexity index is 1530. The number of aliphatic hydroxyl groups excluding tert-OH is 1. The van der Waals surface area contributed by atoms with Crippen molar-refractivity contribution >= 4 is 23.9 Å². The zero-order valence-corrected chi connectivity index (χ0v) is 23.0. The largest absolute Gasteiger partial charge is 0.490 e. The molecule has 0 bridgehead atoms. The van der Waals surface area contributed by atoms with Crippen LogP contribution >= 0.6 is 0 Å². The van der Waals surface area contributed by atoms with Crippen molar-refractivity contribution < 1.29 is 38.2 Å². The zero-order valence-electron chi connectivity index (χ0n) is 23.0. The van der Waals surface area contributed by atoms with E-state index in [4.69, 9.17) is 18.6 Å². The molecule has 1 aliphatic rings. The van der Waals surface area contributed by atoms with E-state index in [1.165, 1.54) is 19.4 Å². The van der Waals surface area contributed by atoms with Crippen molar-refractivity contribution in [1.29, 1.82) is 0 Å². The molecule has 14 nitrogen and oxygen atoms in total. The molecule has 0 unspecified atom stereocenters. The Labute approximate surface area is 240 Å². The zero-order chi connectivity index (χ0) is 30.2. The fourth-order valence-electron chi connectivity index (χ4n) is 4.22. The van der Waals surface area contributed by atoms with E-state index in [0.717, 1.165) is 0 Å². The number of benzene rings is 2. The minimum absolute atomic E-state index is 0.0866. The van der Waals surface area contributed by atoms with Gasteiger partial charge in [-0.05, 0) is 49.7 Å². The van der Waals surface area contributed by atoms with E-state index in [9.17, 15) is 24.8 Å². The summed E-state index contributed by atoms with van der Waals surface area (Å²) in [6.07, 6.45) is 0.0872. The van der Waals surface area contributed by atoms with Gasteiger partial charge in [0.1, 0.15) is 18.1 Å². The van der Waals surface area contributed by atoms with Crippen LogP contribution in [0.2, 0.25) is 0 Å². The van der Waals surface area contributed by atoms with Crippen molar-refractivity contribution in [3.63, 3.8) is 0 Å². The van der Waals surface area contributed by atoms with Crippen molar-refractivity contribution in [2.24, 2.45) is 5.10 Å². The number of aliphatic hydroxyl groups is 1. The first kappa shape index (κ1) is 29.6. The number of hydrazone groups is 1. The number of nitrogens with zero attached hydrogens (tertiary/aromatic N) is 2. The SMILES string of the molecule is CCOc1cc([C@H]2NC(=O)NC(C)=C2C(=O)OC)ccc1OC[C@@H](O)N/N=C/c1ccc(-c2ccccc2[N+](=O)[O-])o1. The number of methoxy groups -OCH3 is 1. The molecule has 4 N–H and O–H groups in total. The fourth-order valence-corrected chi connectivity index (χ4v) is 4.22. The van der Waals surface area contributed by atoms with Crippen molar-refractivity contribution in [2.45, 2.75) is 26.1 Å². The number of hydrogen-bond acceptors (Lipinski definition) is 11. The topological polar surface area (TPSA) is 187 Å².